The summed E-state index contributed by atoms with van der Waals surface area (Å²) in [6.45, 7) is 2.30. The van der Waals surface area contributed by atoms with E-state index in [2.05, 4.69) is 28.1 Å². The third-order valence-corrected chi connectivity index (χ3v) is 3.79. The number of hydrogen-bond donors (Lipinski definition) is 3. The SMILES string of the molecule is CC(CCc1ccccc1)NC(=O)CCNC(=O)Nc1ccccc1. The summed E-state index contributed by atoms with van der Waals surface area (Å²) < 4.78 is 0. The molecule has 0 aliphatic carbocycles. The fourth-order valence-corrected chi connectivity index (χ4v) is 2.43. The minimum Gasteiger partial charge on any atom is -0.354 e. The molecule has 0 saturated carbocycles. The van der Waals surface area contributed by atoms with Crippen LogP contribution in [0.25, 0.3) is 0 Å². The van der Waals surface area contributed by atoms with Crippen molar-refractivity contribution in [3.05, 3.63) is 66.2 Å². The maximum atomic E-state index is 11.9. The van der Waals surface area contributed by atoms with Crippen LogP contribution in [-0.2, 0) is 11.2 Å². The number of carbonyl (C=O) groups excluding carboxylic acids is 2. The first kappa shape index (κ1) is 18.5. The van der Waals surface area contributed by atoms with Crippen LogP contribution < -0.4 is 16.0 Å². The Hall–Kier alpha value is -2.82. The number of para-hydroxylation sites is 1. The molecule has 0 heterocycles. The molecule has 0 spiro atoms. The van der Waals surface area contributed by atoms with Crippen molar-refractivity contribution in [1.82, 2.24) is 10.6 Å². The highest BCUT2D eigenvalue weighted by atomic mass is 16.2. The highest BCUT2D eigenvalue weighted by molar-refractivity contribution is 5.89. The van der Waals surface area contributed by atoms with Crippen molar-refractivity contribution in [2.75, 3.05) is 11.9 Å². The molecule has 3 N–H and O–H groups in total. The minimum atomic E-state index is -0.309. The van der Waals surface area contributed by atoms with Crippen LogP contribution in [0.4, 0.5) is 10.5 Å². The second kappa shape index (κ2) is 10.1. The van der Waals surface area contributed by atoms with E-state index in [9.17, 15) is 9.59 Å². The normalized spacial score (nSPS) is 11.4. The molecule has 5 nitrogen and oxygen atoms in total. The van der Waals surface area contributed by atoms with Crippen LogP contribution in [0.2, 0.25) is 0 Å². The summed E-state index contributed by atoms with van der Waals surface area (Å²) in [7, 11) is 0. The van der Waals surface area contributed by atoms with Gasteiger partial charge >= 0.3 is 6.03 Å². The number of urea groups is 1. The van der Waals surface area contributed by atoms with Crippen LogP contribution in [0.5, 0.6) is 0 Å². The predicted octanol–water partition coefficient (Wildman–Crippen LogP) is 3.34. The first-order chi connectivity index (χ1) is 12.1. The van der Waals surface area contributed by atoms with E-state index in [-0.39, 0.29) is 24.4 Å². The summed E-state index contributed by atoms with van der Waals surface area (Å²) in [4.78, 5) is 23.6. The van der Waals surface area contributed by atoms with Crippen molar-refractivity contribution in [3.63, 3.8) is 0 Å². The van der Waals surface area contributed by atoms with Crippen molar-refractivity contribution in [2.24, 2.45) is 0 Å². The largest absolute Gasteiger partial charge is 0.354 e. The molecule has 2 aromatic rings. The lowest BCUT2D eigenvalue weighted by Gasteiger charge is -2.14. The Kier molecular flexibility index (Phi) is 7.50. The number of anilines is 1. The highest BCUT2D eigenvalue weighted by Crippen LogP contribution is 2.05. The molecular formula is C20H25N3O2. The molecule has 0 fully saturated rings. The minimum absolute atomic E-state index is 0.0550. The molecule has 1 unspecified atom stereocenters. The molecular weight excluding hydrogens is 314 g/mol. The summed E-state index contributed by atoms with van der Waals surface area (Å²) >= 11 is 0. The van der Waals surface area contributed by atoms with Crippen molar-refractivity contribution in [3.8, 4) is 0 Å². The third-order valence-electron chi connectivity index (χ3n) is 3.79. The van der Waals surface area contributed by atoms with Gasteiger partial charge in [-0.3, -0.25) is 4.79 Å². The van der Waals surface area contributed by atoms with Crippen LogP contribution in [0.3, 0.4) is 0 Å². The lowest BCUT2D eigenvalue weighted by Crippen LogP contribution is -2.36. The number of aryl methyl sites for hydroxylation is 1. The number of rotatable bonds is 8. The van der Waals surface area contributed by atoms with Gasteiger partial charge in [0.25, 0.3) is 0 Å². The Morgan fingerprint density at radius 3 is 2.28 bits per heavy atom. The first-order valence-corrected chi connectivity index (χ1v) is 8.56. The van der Waals surface area contributed by atoms with Gasteiger partial charge in [-0.2, -0.15) is 0 Å². The number of amides is 3. The zero-order valence-electron chi connectivity index (χ0n) is 14.5. The third kappa shape index (κ3) is 7.52. The van der Waals surface area contributed by atoms with Crippen LogP contribution in [0.1, 0.15) is 25.3 Å². The van der Waals surface area contributed by atoms with Gasteiger partial charge < -0.3 is 16.0 Å². The molecule has 0 bridgehead atoms. The smallest absolute Gasteiger partial charge is 0.319 e. The molecule has 3 amide bonds. The fourth-order valence-electron chi connectivity index (χ4n) is 2.43. The highest BCUT2D eigenvalue weighted by Gasteiger charge is 2.08. The molecule has 1 atom stereocenters. The summed E-state index contributed by atoms with van der Waals surface area (Å²) in [6, 6.07) is 19.2. The fraction of sp³-hybridized carbons (Fsp3) is 0.300. The summed E-state index contributed by atoms with van der Waals surface area (Å²) in [5.74, 6) is -0.0550. The van der Waals surface area contributed by atoms with Gasteiger partial charge in [-0.25, -0.2) is 4.79 Å². The maximum absolute atomic E-state index is 11.9. The van der Waals surface area contributed by atoms with Crippen molar-refractivity contribution in [2.45, 2.75) is 32.2 Å². The number of benzene rings is 2. The van der Waals surface area contributed by atoms with E-state index in [1.165, 1.54) is 5.56 Å². The Bertz CT molecular complexity index is 659. The van der Waals surface area contributed by atoms with Crippen LogP contribution in [0.15, 0.2) is 60.7 Å². The zero-order valence-corrected chi connectivity index (χ0v) is 14.5. The number of carbonyl (C=O) groups is 2. The summed E-state index contributed by atoms with van der Waals surface area (Å²) in [5, 5.41) is 8.36. The van der Waals surface area contributed by atoms with Gasteiger partial charge in [-0.1, -0.05) is 48.5 Å². The molecule has 0 saturated heterocycles. The van der Waals surface area contributed by atoms with E-state index >= 15 is 0 Å². The van der Waals surface area contributed by atoms with Crippen LogP contribution >= 0.6 is 0 Å². The van der Waals surface area contributed by atoms with Gasteiger partial charge in [-0.15, -0.1) is 0 Å². The van der Waals surface area contributed by atoms with E-state index in [1.54, 1.807) is 12.1 Å². The van der Waals surface area contributed by atoms with E-state index in [4.69, 9.17) is 0 Å². The molecule has 132 valence electrons. The van der Waals surface area contributed by atoms with Crippen molar-refractivity contribution in [1.29, 1.82) is 0 Å². The Morgan fingerprint density at radius 1 is 0.960 bits per heavy atom. The quantitative estimate of drug-likeness (QED) is 0.690. The first-order valence-electron chi connectivity index (χ1n) is 8.56. The van der Waals surface area contributed by atoms with Gasteiger partial charge in [0, 0.05) is 24.7 Å². The van der Waals surface area contributed by atoms with Gasteiger partial charge in [0.1, 0.15) is 0 Å². The second-order valence-electron chi connectivity index (χ2n) is 5.99. The molecule has 25 heavy (non-hydrogen) atoms. The molecule has 0 radical (unpaired) electrons. The standard InChI is InChI=1S/C20H25N3O2/c1-16(12-13-17-8-4-2-5-9-17)22-19(24)14-15-21-20(25)23-18-10-6-3-7-11-18/h2-11,16H,12-15H2,1H3,(H,22,24)(H2,21,23,25). The topological polar surface area (TPSA) is 70.2 Å². The Labute approximate surface area is 148 Å². The van der Waals surface area contributed by atoms with Gasteiger partial charge in [0.15, 0.2) is 0 Å². The zero-order chi connectivity index (χ0) is 17.9. The van der Waals surface area contributed by atoms with E-state index in [0.717, 1.165) is 18.5 Å². The van der Waals surface area contributed by atoms with Crippen LogP contribution in [0, 0.1) is 0 Å². The number of hydrogen-bond acceptors (Lipinski definition) is 2. The predicted molar refractivity (Wildman–Crippen MR) is 100 cm³/mol. The van der Waals surface area contributed by atoms with Crippen LogP contribution in [-0.4, -0.2) is 24.5 Å². The second-order valence-corrected chi connectivity index (χ2v) is 5.99. The van der Waals surface area contributed by atoms with E-state index in [1.807, 2.05) is 43.3 Å². The van der Waals surface area contributed by atoms with Crippen molar-refractivity contribution < 1.29 is 9.59 Å². The maximum Gasteiger partial charge on any atom is 0.319 e. The lowest BCUT2D eigenvalue weighted by atomic mass is 10.1. The summed E-state index contributed by atoms with van der Waals surface area (Å²) in [6.07, 6.45) is 2.08. The van der Waals surface area contributed by atoms with Gasteiger partial charge in [0.05, 0.1) is 0 Å². The molecule has 2 rings (SSSR count). The average Bonchev–Trinajstić information content (AvgIpc) is 2.61. The van der Waals surface area contributed by atoms with E-state index in [0.29, 0.717) is 6.54 Å². The monoisotopic (exact) mass is 339 g/mol. The van der Waals surface area contributed by atoms with Crippen molar-refractivity contribution >= 4 is 17.6 Å². The Balaban J connectivity index is 1.59. The molecule has 2 aromatic carbocycles. The molecule has 5 heteroatoms. The average molecular weight is 339 g/mol. The summed E-state index contributed by atoms with van der Waals surface area (Å²) in [5.41, 5.74) is 1.99. The lowest BCUT2D eigenvalue weighted by molar-refractivity contribution is -0.121. The number of nitrogens with one attached hydrogen (secondary N) is 3. The molecule has 0 aliphatic rings. The van der Waals surface area contributed by atoms with Gasteiger partial charge in [-0.05, 0) is 37.5 Å². The van der Waals surface area contributed by atoms with E-state index < -0.39 is 0 Å². The van der Waals surface area contributed by atoms with Gasteiger partial charge in [0.2, 0.25) is 5.91 Å². The molecule has 0 aliphatic heterocycles. The Morgan fingerprint density at radius 2 is 1.60 bits per heavy atom. The molecule has 0 aromatic heterocycles.